The summed E-state index contributed by atoms with van der Waals surface area (Å²) in [6.07, 6.45) is 9.79. The van der Waals surface area contributed by atoms with E-state index in [1.165, 1.54) is 19.3 Å². The van der Waals surface area contributed by atoms with Gasteiger partial charge in [-0.25, -0.2) is 0 Å². The Labute approximate surface area is 145 Å². The molecule has 2 saturated carbocycles. The summed E-state index contributed by atoms with van der Waals surface area (Å²) in [4.78, 5) is 28.4. The van der Waals surface area contributed by atoms with E-state index in [0.29, 0.717) is 18.0 Å². The Bertz CT molecular complexity index is 473. The zero-order chi connectivity index (χ0) is 17.3. The number of hydrogen-bond acceptors (Lipinski definition) is 3. The molecule has 0 aromatic heterocycles. The van der Waals surface area contributed by atoms with Gasteiger partial charge >= 0.3 is 5.97 Å². The van der Waals surface area contributed by atoms with Gasteiger partial charge in [-0.2, -0.15) is 0 Å². The molecule has 3 fully saturated rings. The van der Waals surface area contributed by atoms with Gasteiger partial charge in [-0.3, -0.25) is 14.5 Å². The molecule has 0 bridgehead atoms. The second-order valence-electron chi connectivity index (χ2n) is 8.29. The van der Waals surface area contributed by atoms with Crippen LogP contribution in [0.1, 0.15) is 64.7 Å². The van der Waals surface area contributed by atoms with E-state index in [-0.39, 0.29) is 12.5 Å². The molecule has 1 heterocycles. The molecule has 0 aromatic rings. The number of carboxylic acid groups (broad SMARTS) is 1. The summed E-state index contributed by atoms with van der Waals surface area (Å²) in [7, 11) is 1.91. The first-order valence-corrected chi connectivity index (χ1v) is 9.71. The molecule has 1 saturated heterocycles. The van der Waals surface area contributed by atoms with E-state index in [1.54, 1.807) is 0 Å². The second-order valence-corrected chi connectivity index (χ2v) is 8.29. The maximum atomic E-state index is 12.8. The van der Waals surface area contributed by atoms with Crippen molar-refractivity contribution in [3.05, 3.63) is 0 Å². The van der Waals surface area contributed by atoms with Gasteiger partial charge in [-0.05, 0) is 56.8 Å². The van der Waals surface area contributed by atoms with Crippen LogP contribution < -0.4 is 0 Å². The number of rotatable bonds is 4. The summed E-state index contributed by atoms with van der Waals surface area (Å²) in [5.74, 6) is 0.578. The largest absolute Gasteiger partial charge is 0.480 e. The Morgan fingerprint density at radius 2 is 1.75 bits per heavy atom. The minimum atomic E-state index is -0.758. The van der Waals surface area contributed by atoms with E-state index in [9.17, 15) is 14.7 Å². The fraction of sp³-hybridized carbons (Fsp3) is 0.895. The average Bonchev–Trinajstić information content (AvgIpc) is 2.94. The van der Waals surface area contributed by atoms with Crippen LogP contribution in [0.2, 0.25) is 0 Å². The molecule has 1 N–H and O–H groups in total. The number of amides is 1. The van der Waals surface area contributed by atoms with Crippen LogP contribution in [0.25, 0.3) is 0 Å². The number of fused-ring (bicyclic) bond motifs is 1. The topological polar surface area (TPSA) is 60.9 Å². The van der Waals surface area contributed by atoms with Gasteiger partial charge in [0.15, 0.2) is 0 Å². The van der Waals surface area contributed by atoms with E-state index in [1.807, 2.05) is 16.8 Å². The molecule has 3 aliphatic rings. The number of aliphatic carboxylic acids is 1. The number of likely N-dealkylation sites (tertiary alicyclic amines) is 1. The van der Waals surface area contributed by atoms with Gasteiger partial charge in [0.05, 0.1) is 6.54 Å². The first kappa shape index (κ1) is 17.7. The molecule has 3 rings (SSSR count). The van der Waals surface area contributed by atoms with Gasteiger partial charge in [-0.1, -0.05) is 19.8 Å². The second kappa shape index (κ2) is 7.42. The van der Waals surface area contributed by atoms with E-state index >= 15 is 0 Å². The number of hydrogen-bond donors (Lipinski definition) is 1. The van der Waals surface area contributed by atoms with E-state index in [4.69, 9.17) is 0 Å². The Kier molecular flexibility index (Phi) is 5.48. The molecular formula is C19H32N2O3. The fourth-order valence-corrected chi connectivity index (χ4v) is 5.12. The molecule has 3 atom stereocenters. The van der Waals surface area contributed by atoms with Crippen LogP contribution in [0.5, 0.6) is 0 Å². The van der Waals surface area contributed by atoms with Crippen molar-refractivity contribution in [1.82, 2.24) is 9.80 Å². The highest BCUT2D eigenvalue weighted by molar-refractivity contribution is 5.80. The molecule has 24 heavy (non-hydrogen) atoms. The minimum Gasteiger partial charge on any atom is -0.480 e. The third kappa shape index (κ3) is 3.61. The van der Waals surface area contributed by atoms with Crippen LogP contribution >= 0.6 is 0 Å². The predicted molar refractivity (Wildman–Crippen MR) is 92.7 cm³/mol. The molecule has 0 aromatic carbocycles. The number of carboxylic acids is 1. The Morgan fingerprint density at radius 3 is 2.42 bits per heavy atom. The van der Waals surface area contributed by atoms with Crippen molar-refractivity contribution in [2.45, 2.75) is 82.8 Å². The smallest absolute Gasteiger partial charge is 0.320 e. The number of likely N-dealkylation sites (N-methyl/N-ethyl adjacent to an activating group) is 1. The van der Waals surface area contributed by atoms with Gasteiger partial charge in [0.2, 0.25) is 5.91 Å². The van der Waals surface area contributed by atoms with Gasteiger partial charge in [0.1, 0.15) is 6.04 Å². The fourth-order valence-electron chi connectivity index (χ4n) is 5.12. The first-order chi connectivity index (χ1) is 11.5. The monoisotopic (exact) mass is 336 g/mol. The van der Waals surface area contributed by atoms with Crippen molar-refractivity contribution in [3.8, 4) is 0 Å². The highest BCUT2D eigenvalue weighted by atomic mass is 16.4. The van der Waals surface area contributed by atoms with Crippen molar-refractivity contribution in [2.75, 3.05) is 13.6 Å². The van der Waals surface area contributed by atoms with Gasteiger partial charge in [-0.15, -0.1) is 0 Å². The van der Waals surface area contributed by atoms with E-state index < -0.39 is 12.0 Å². The molecule has 0 spiro atoms. The van der Waals surface area contributed by atoms with Crippen LogP contribution in [0.15, 0.2) is 0 Å². The van der Waals surface area contributed by atoms with Crippen molar-refractivity contribution < 1.29 is 14.7 Å². The van der Waals surface area contributed by atoms with E-state index in [0.717, 1.165) is 44.4 Å². The SMILES string of the molecule is CC1CCC(N(C)C(=O)CN2C(C(=O)O)CC3CCCCC32)CC1. The highest BCUT2D eigenvalue weighted by Gasteiger charge is 2.46. The number of carbonyl (C=O) groups excluding carboxylic acids is 1. The lowest BCUT2D eigenvalue weighted by Gasteiger charge is -2.37. The quantitative estimate of drug-likeness (QED) is 0.857. The number of carbonyl (C=O) groups is 2. The molecule has 0 radical (unpaired) electrons. The summed E-state index contributed by atoms with van der Waals surface area (Å²) >= 11 is 0. The minimum absolute atomic E-state index is 0.104. The lowest BCUT2D eigenvalue weighted by atomic mass is 9.84. The van der Waals surface area contributed by atoms with Gasteiger partial charge in [0, 0.05) is 19.1 Å². The summed E-state index contributed by atoms with van der Waals surface area (Å²) in [5.41, 5.74) is 0. The average molecular weight is 336 g/mol. The third-order valence-corrected chi connectivity index (χ3v) is 6.75. The Balaban J connectivity index is 1.63. The maximum Gasteiger partial charge on any atom is 0.320 e. The Hall–Kier alpha value is -1.10. The molecule has 2 aliphatic carbocycles. The lowest BCUT2D eigenvalue weighted by Crippen LogP contribution is -2.50. The summed E-state index contributed by atoms with van der Waals surface area (Å²) in [6, 6.07) is 0.159. The van der Waals surface area contributed by atoms with Crippen LogP contribution in [0, 0.1) is 11.8 Å². The first-order valence-electron chi connectivity index (χ1n) is 9.71. The zero-order valence-electron chi connectivity index (χ0n) is 15.1. The highest BCUT2D eigenvalue weighted by Crippen LogP contribution is 2.39. The molecule has 3 unspecified atom stereocenters. The summed E-state index contributed by atoms with van der Waals surface area (Å²) in [6.45, 7) is 2.56. The van der Waals surface area contributed by atoms with Crippen molar-refractivity contribution in [3.63, 3.8) is 0 Å². The van der Waals surface area contributed by atoms with Crippen molar-refractivity contribution in [1.29, 1.82) is 0 Å². The van der Waals surface area contributed by atoms with Gasteiger partial charge in [0.25, 0.3) is 0 Å². The van der Waals surface area contributed by atoms with Crippen molar-refractivity contribution >= 4 is 11.9 Å². The normalized spacial score (nSPS) is 37.0. The molecule has 1 amide bonds. The molecule has 1 aliphatic heterocycles. The van der Waals surface area contributed by atoms with Crippen LogP contribution in [0.4, 0.5) is 0 Å². The van der Waals surface area contributed by atoms with Gasteiger partial charge < -0.3 is 10.0 Å². The third-order valence-electron chi connectivity index (χ3n) is 6.75. The van der Waals surface area contributed by atoms with Crippen LogP contribution in [0.3, 0.4) is 0 Å². The van der Waals surface area contributed by atoms with Crippen molar-refractivity contribution in [2.24, 2.45) is 11.8 Å². The predicted octanol–water partition coefficient (Wildman–Crippen LogP) is 2.74. The molecule has 5 heteroatoms. The van der Waals surface area contributed by atoms with Crippen LogP contribution in [-0.2, 0) is 9.59 Å². The molecule has 136 valence electrons. The summed E-state index contributed by atoms with van der Waals surface area (Å²) < 4.78 is 0. The Morgan fingerprint density at radius 1 is 1.08 bits per heavy atom. The molecular weight excluding hydrogens is 304 g/mol. The summed E-state index contributed by atoms with van der Waals surface area (Å²) in [5, 5.41) is 9.59. The van der Waals surface area contributed by atoms with Crippen LogP contribution in [-0.4, -0.2) is 58.5 Å². The number of nitrogens with zero attached hydrogens (tertiary/aromatic N) is 2. The zero-order valence-corrected chi connectivity index (χ0v) is 15.1. The maximum absolute atomic E-state index is 12.8. The lowest BCUT2D eigenvalue weighted by molar-refractivity contribution is -0.144. The molecule has 5 nitrogen and oxygen atoms in total. The van der Waals surface area contributed by atoms with E-state index in [2.05, 4.69) is 6.92 Å². The standard InChI is InChI=1S/C19H32N2O3/c1-13-7-9-15(10-8-13)20(2)18(22)12-21-16-6-4-3-5-14(16)11-17(21)19(23)24/h13-17H,3-12H2,1-2H3,(H,23,24).